The first-order valence-electron chi connectivity index (χ1n) is 5.92. The van der Waals surface area contributed by atoms with Crippen molar-refractivity contribution in [2.24, 2.45) is 5.41 Å². The number of nitro groups is 1. The van der Waals surface area contributed by atoms with Crippen LogP contribution >= 0.6 is 12.6 Å². The van der Waals surface area contributed by atoms with Crippen molar-refractivity contribution in [2.45, 2.75) is 38.6 Å². The third-order valence-electron chi connectivity index (χ3n) is 3.57. The minimum absolute atomic E-state index is 0.0740. The molecular weight excluding hydrogens is 238 g/mol. The van der Waals surface area contributed by atoms with Crippen LogP contribution in [0.3, 0.4) is 0 Å². The number of thiol groups is 1. The van der Waals surface area contributed by atoms with Gasteiger partial charge >= 0.3 is 5.82 Å². The van der Waals surface area contributed by atoms with Gasteiger partial charge in [-0.15, -0.1) is 0 Å². The molecule has 1 fully saturated rings. The molecule has 6 heteroatoms. The highest BCUT2D eigenvalue weighted by Gasteiger charge is 2.31. The van der Waals surface area contributed by atoms with Gasteiger partial charge in [0, 0.05) is 6.54 Å². The Balaban J connectivity index is 2.09. The Morgan fingerprint density at radius 1 is 1.47 bits per heavy atom. The molecule has 0 N–H and O–H groups in total. The van der Waals surface area contributed by atoms with E-state index in [1.807, 2.05) is 4.57 Å². The van der Waals surface area contributed by atoms with E-state index in [0.717, 1.165) is 25.1 Å². The van der Waals surface area contributed by atoms with Gasteiger partial charge in [0.15, 0.2) is 0 Å². The summed E-state index contributed by atoms with van der Waals surface area (Å²) in [5.74, 6) is 0.758. The highest BCUT2D eigenvalue weighted by Crippen LogP contribution is 2.38. The summed E-state index contributed by atoms with van der Waals surface area (Å²) in [6.45, 7) is 0.789. The van der Waals surface area contributed by atoms with E-state index in [1.165, 1.54) is 25.5 Å². The Morgan fingerprint density at radius 3 is 2.71 bits per heavy atom. The monoisotopic (exact) mass is 255 g/mol. The molecule has 94 valence electrons. The Bertz CT molecular complexity index is 399. The largest absolute Gasteiger partial charge is 0.381 e. The molecule has 17 heavy (non-hydrogen) atoms. The first kappa shape index (κ1) is 12.4. The summed E-state index contributed by atoms with van der Waals surface area (Å²) in [6, 6.07) is 0. The summed E-state index contributed by atoms with van der Waals surface area (Å²) in [5, 5.41) is 10.6. The summed E-state index contributed by atoms with van der Waals surface area (Å²) in [7, 11) is 0. The molecule has 0 amide bonds. The summed E-state index contributed by atoms with van der Waals surface area (Å²) >= 11 is 4.46. The average Bonchev–Trinajstić information content (AvgIpc) is 2.79. The Hall–Kier alpha value is -1.04. The van der Waals surface area contributed by atoms with Gasteiger partial charge in [0.2, 0.25) is 6.33 Å². The number of hydrogen-bond acceptors (Lipinski definition) is 4. The highest BCUT2D eigenvalue weighted by molar-refractivity contribution is 7.80. The van der Waals surface area contributed by atoms with Crippen molar-refractivity contribution in [3.05, 3.63) is 22.6 Å². The summed E-state index contributed by atoms with van der Waals surface area (Å²) in [5.41, 5.74) is 0.190. The van der Waals surface area contributed by atoms with Gasteiger partial charge in [0.1, 0.15) is 6.20 Å². The lowest BCUT2D eigenvalue weighted by molar-refractivity contribution is -0.389. The molecule has 0 spiro atoms. The van der Waals surface area contributed by atoms with Crippen molar-refractivity contribution in [2.75, 3.05) is 5.75 Å². The van der Waals surface area contributed by atoms with Gasteiger partial charge < -0.3 is 14.7 Å². The summed E-state index contributed by atoms with van der Waals surface area (Å²) in [6.07, 6.45) is 9.14. The van der Waals surface area contributed by atoms with Gasteiger partial charge in [-0.05, 0) is 33.9 Å². The van der Waals surface area contributed by atoms with Crippen LogP contribution in [0.4, 0.5) is 5.82 Å². The van der Waals surface area contributed by atoms with Gasteiger partial charge in [0.05, 0.1) is 0 Å². The zero-order chi connectivity index (χ0) is 12.3. The van der Waals surface area contributed by atoms with Crippen LogP contribution in [-0.2, 0) is 6.54 Å². The van der Waals surface area contributed by atoms with Crippen LogP contribution in [0.1, 0.15) is 32.1 Å². The maximum Gasteiger partial charge on any atom is 0.381 e. The fourth-order valence-corrected chi connectivity index (χ4v) is 3.00. The minimum atomic E-state index is -0.454. The maximum absolute atomic E-state index is 10.6. The van der Waals surface area contributed by atoms with Crippen LogP contribution < -0.4 is 0 Å². The van der Waals surface area contributed by atoms with E-state index in [4.69, 9.17) is 0 Å². The van der Waals surface area contributed by atoms with Crippen LogP contribution in [0.15, 0.2) is 12.5 Å². The van der Waals surface area contributed by atoms with E-state index >= 15 is 0 Å². The SMILES string of the molecule is O=[N+]([O-])c1cn(CC2(CS)CCCCC2)cn1. The van der Waals surface area contributed by atoms with Crippen molar-refractivity contribution in [1.82, 2.24) is 9.55 Å². The number of hydrogen-bond donors (Lipinski definition) is 1. The van der Waals surface area contributed by atoms with Gasteiger partial charge in [-0.3, -0.25) is 0 Å². The summed E-state index contributed by atoms with van der Waals surface area (Å²) < 4.78 is 1.83. The van der Waals surface area contributed by atoms with E-state index in [9.17, 15) is 10.1 Å². The van der Waals surface area contributed by atoms with Gasteiger partial charge in [-0.1, -0.05) is 19.3 Å². The van der Waals surface area contributed by atoms with Gasteiger partial charge in [0.25, 0.3) is 0 Å². The van der Waals surface area contributed by atoms with Crippen LogP contribution in [-0.4, -0.2) is 20.2 Å². The van der Waals surface area contributed by atoms with Crippen molar-refractivity contribution in [3.63, 3.8) is 0 Å². The first-order valence-corrected chi connectivity index (χ1v) is 6.55. The normalized spacial score (nSPS) is 19.1. The van der Waals surface area contributed by atoms with Crippen molar-refractivity contribution < 1.29 is 4.92 Å². The third-order valence-corrected chi connectivity index (χ3v) is 4.25. The molecular formula is C11H17N3O2S. The molecule has 0 unspecified atom stereocenters. The molecule has 0 bridgehead atoms. The lowest BCUT2D eigenvalue weighted by Gasteiger charge is -2.35. The number of imidazole rings is 1. The molecule has 0 aliphatic heterocycles. The van der Waals surface area contributed by atoms with Crippen LogP contribution in [0.5, 0.6) is 0 Å². The highest BCUT2D eigenvalue weighted by atomic mass is 32.1. The Morgan fingerprint density at radius 2 is 2.18 bits per heavy atom. The Kier molecular flexibility index (Phi) is 3.71. The van der Waals surface area contributed by atoms with E-state index < -0.39 is 4.92 Å². The molecule has 1 aliphatic rings. The zero-order valence-corrected chi connectivity index (χ0v) is 10.6. The van der Waals surface area contributed by atoms with Crippen molar-refractivity contribution in [3.8, 4) is 0 Å². The molecule has 0 saturated heterocycles. The quantitative estimate of drug-likeness (QED) is 0.511. The molecule has 0 atom stereocenters. The smallest absolute Gasteiger partial charge is 0.358 e. The minimum Gasteiger partial charge on any atom is -0.358 e. The third kappa shape index (κ3) is 2.80. The molecule has 1 heterocycles. The van der Waals surface area contributed by atoms with Gasteiger partial charge in [-0.2, -0.15) is 12.6 Å². The van der Waals surface area contributed by atoms with Crippen molar-refractivity contribution in [1.29, 1.82) is 0 Å². The van der Waals surface area contributed by atoms with Crippen LogP contribution in [0.2, 0.25) is 0 Å². The molecule has 1 aromatic heterocycles. The first-order chi connectivity index (χ1) is 8.15. The predicted octanol–water partition coefficient (Wildman–Crippen LogP) is 2.67. The molecule has 2 rings (SSSR count). The van der Waals surface area contributed by atoms with Gasteiger partial charge in [-0.25, -0.2) is 0 Å². The predicted molar refractivity (Wildman–Crippen MR) is 68.3 cm³/mol. The lowest BCUT2D eigenvalue weighted by Crippen LogP contribution is -2.31. The number of aromatic nitrogens is 2. The van der Waals surface area contributed by atoms with E-state index in [-0.39, 0.29) is 11.2 Å². The topological polar surface area (TPSA) is 61.0 Å². The van der Waals surface area contributed by atoms with Crippen LogP contribution in [0.25, 0.3) is 0 Å². The second kappa shape index (κ2) is 5.08. The Labute approximate surface area is 106 Å². The molecule has 0 aromatic carbocycles. The molecule has 1 saturated carbocycles. The van der Waals surface area contributed by atoms with E-state index in [1.54, 1.807) is 6.33 Å². The standard InChI is InChI=1S/C11H17N3O2S/c15-14(16)10-6-13(9-12-10)7-11(8-17)4-2-1-3-5-11/h6,9,17H,1-5,7-8H2. The number of rotatable bonds is 4. The molecule has 0 radical (unpaired) electrons. The fourth-order valence-electron chi connectivity index (χ4n) is 2.58. The van der Waals surface area contributed by atoms with E-state index in [0.29, 0.717) is 0 Å². The fraction of sp³-hybridized carbons (Fsp3) is 0.727. The number of nitrogens with zero attached hydrogens (tertiary/aromatic N) is 3. The average molecular weight is 255 g/mol. The lowest BCUT2D eigenvalue weighted by atomic mass is 9.75. The maximum atomic E-state index is 10.6. The second-order valence-corrected chi connectivity index (χ2v) is 5.20. The molecule has 1 aromatic rings. The van der Waals surface area contributed by atoms with Crippen LogP contribution in [0, 0.1) is 15.5 Å². The van der Waals surface area contributed by atoms with E-state index in [2.05, 4.69) is 17.6 Å². The zero-order valence-electron chi connectivity index (χ0n) is 9.71. The van der Waals surface area contributed by atoms with Crippen molar-refractivity contribution >= 4 is 18.4 Å². The molecule has 5 nitrogen and oxygen atoms in total. The second-order valence-electron chi connectivity index (χ2n) is 4.88. The summed E-state index contributed by atoms with van der Waals surface area (Å²) in [4.78, 5) is 13.9. The molecule has 1 aliphatic carbocycles.